The van der Waals surface area contributed by atoms with Gasteiger partial charge in [-0.25, -0.2) is 4.98 Å². The van der Waals surface area contributed by atoms with Crippen LogP contribution in [-0.4, -0.2) is 20.5 Å². The predicted molar refractivity (Wildman–Crippen MR) is 74.2 cm³/mol. The van der Waals surface area contributed by atoms with Crippen molar-refractivity contribution in [3.63, 3.8) is 0 Å². The Balaban J connectivity index is 2.38. The number of hydrogen-bond acceptors (Lipinski definition) is 2. The minimum Gasteiger partial charge on any atom is -0.330 e. The van der Waals surface area contributed by atoms with Crippen molar-refractivity contribution in [2.45, 2.75) is 13.3 Å². The van der Waals surface area contributed by atoms with E-state index in [1.165, 1.54) is 5.69 Å². The van der Waals surface area contributed by atoms with E-state index in [2.05, 4.69) is 26.2 Å². The molecule has 0 fully saturated rings. The lowest BCUT2D eigenvalue weighted by molar-refractivity contribution is 0.820. The molecule has 0 radical (unpaired) electrons. The van der Waals surface area contributed by atoms with Crippen LogP contribution in [0.25, 0.3) is 16.8 Å². The first-order valence-electron chi connectivity index (χ1n) is 5.94. The molecule has 2 aromatic heterocycles. The summed E-state index contributed by atoms with van der Waals surface area (Å²) in [5, 5.41) is 0.703. The van der Waals surface area contributed by atoms with Crippen molar-refractivity contribution in [1.29, 1.82) is 0 Å². The Kier molecular flexibility index (Phi) is 2.57. The minimum atomic E-state index is 0.638. The van der Waals surface area contributed by atoms with Gasteiger partial charge >= 0.3 is 0 Å². The van der Waals surface area contributed by atoms with Crippen LogP contribution >= 0.6 is 11.6 Å². The SMILES string of the molecule is Cc1cc(Cl)c2nc3n(C)c(CCN)cn3c2c1. The molecule has 0 saturated carbocycles. The number of aromatic nitrogens is 3. The highest BCUT2D eigenvalue weighted by Gasteiger charge is 2.13. The number of nitrogens with zero attached hydrogens (tertiary/aromatic N) is 3. The van der Waals surface area contributed by atoms with Crippen LogP contribution in [0.15, 0.2) is 18.3 Å². The lowest BCUT2D eigenvalue weighted by Crippen LogP contribution is -2.06. The minimum absolute atomic E-state index is 0.638. The second-order valence-corrected chi connectivity index (χ2v) is 5.02. The summed E-state index contributed by atoms with van der Waals surface area (Å²) < 4.78 is 4.15. The lowest BCUT2D eigenvalue weighted by atomic mass is 10.2. The van der Waals surface area contributed by atoms with Gasteiger partial charge in [0.2, 0.25) is 5.78 Å². The Hall–Kier alpha value is -1.52. The van der Waals surface area contributed by atoms with Crippen molar-refractivity contribution in [3.05, 3.63) is 34.6 Å². The third-order valence-electron chi connectivity index (χ3n) is 3.28. The Morgan fingerprint density at radius 2 is 2.17 bits per heavy atom. The van der Waals surface area contributed by atoms with Gasteiger partial charge in [0, 0.05) is 25.4 Å². The number of rotatable bonds is 2. The largest absolute Gasteiger partial charge is 0.330 e. The van der Waals surface area contributed by atoms with Gasteiger partial charge in [-0.1, -0.05) is 11.6 Å². The molecule has 94 valence electrons. The number of benzene rings is 1. The number of fused-ring (bicyclic) bond motifs is 3. The molecule has 3 aromatic rings. The third-order valence-corrected chi connectivity index (χ3v) is 3.57. The summed E-state index contributed by atoms with van der Waals surface area (Å²) in [6.07, 6.45) is 2.94. The first-order chi connectivity index (χ1) is 8.61. The van der Waals surface area contributed by atoms with E-state index < -0.39 is 0 Å². The summed E-state index contributed by atoms with van der Waals surface area (Å²) in [7, 11) is 2.01. The van der Waals surface area contributed by atoms with Crippen molar-refractivity contribution >= 4 is 28.4 Å². The van der Waals surface area contributed by atoms with Gasteiger partial charge in [-0.15, -0.1) is 0 Å². The van der Waals surface area contributed by atoms with E-state index >= 15 is 0 Å². The molecule has 5 heteroatoms. The molecule has 4 nitrogen and oxygen atoms in total. The maximum absolute atomic E-state index is 6.24. The summed E-state index contributed by atoms with van der Waals surface area (Å²) in [5.41, 5.74) is 9.84. The maximum Gasteiger partial charge on any atom is 0.214 e. The Labute approximate surface area is 110 Å². The number of halogens is 1. The number of hydrogen-bond donors (Lipinski definition) is 1. The highest BCUT2D eigenvalue weighted by atomic mass is 35.5. The molecule has 3 rings (SSSR count). The van der Waals surface area contributed by atoms with E-state index in [1.807, 2.05) is 20.0 Å². The van der Waals surface area contributed by atoms with Gasteiger partial charge in [-0.05, 0) is 31.2 Å². The Morgan fingerprint density at radius 3 is 2.89 bits per heavy atom. The molecule has 0 unspecified atom stereocenters. The number of aryl methyl sites for hydroxylation is 2. The molecule has 2 N–H and O–H groups in total. The summed E-state index contributed by atoms with van der Waals surface area (Å²) in [5.74, 6) is 0.904. The van der Waals surface area contributed by atoms with Crippen molar-refractivity contribution in [3.8, 4) is 0 Å². The highest BCUT2D eigenvalue weighted by Crippen LogP contribution is 2.26. The van der Waals surface area contributed by atoms with Crippen LogP contribution < -0.4 is 5.73 Å². The molecule has 0 aliphatic rings. The highest BCUT2D eigenvalue weighted by molar-refractivity contribution is 6.35. The Morgan fingerprint density at radius 1 is 1.39 bits per heavy atom. The third kappa shape index (κ3) is 1.53. The van der Waals surface area contributed by atoms with Gasteiger partial charge in [0.25, 0.3) is 0 Å². The maximum atomic E-state index is 6.24. The monoisotopic (exact) mass is 262 g/mol. The van der Waals surface area contributed by atoms with Crippen LogP contribution in [0.3, 0.4) is 0 Å². The van der Waals surface area contributed by atoms with E-state index in [1.54, 1.807) is 0 Å². The molecule has 18 heavy (non-hydrogen) atoms. The molecule has 0 bridgehead atoms. The van der Waals surface area contributed by atoms with Gasteiger partial charge in [-0.2, -0.15) is 0 Å². The molecule has 0 aliphatic carbocycles. The van der Waals surface area contributed by atoms with E-state index in [0.29, 0.717) is 11.6 Å². The van der Waals surface area contributed by atoms with Crippen molar-refractivity contribution in [1.82, 2.24) is 14.0 Å². The van der Waals surface area contributed by atoms with Crippen molar-refractivity contribution in [2.24, 2.45) is 12.8 Å². The molecule has 0 saturated heterocycles. The average Bonchev–Trinajstić information content (AvgIpc) is 2.80. The van der Waals surface area contributed by atoms with Crippen LogP contribution in [0.4, 0.5) is 0 Å². The predicted octanol–water partition coefficient (Wildman–Crippen LogP) is 2.29. The molecular formula is C13H15ClN4. The summed E-state index contributed by atoms with van der Waals surface area (Å²) in [6, 6.07) is 4.05. The van der Waals surface area contributed by atoms with Gasteiger partial charge in [0.05, 0.1) is 10.5 Å². The normalized spacial score (nSPS) is 11.8. The smallest absolute Gasteiger partial charge is 0.214 e. The van der Waals surface area contributed by atoms with Crippen LogP contribution in [0.2, 0.25) is 5.02 Å². The fourth-order valence-corrected chi connectivity index (χ4v) is 2.69. The fourth-order valence-electron chi connectivity index (χ4n) is 2.38. The van der Waals surface area contributed by atoms with Gasteiger partial charge in [0.15, 0.2) is 0 Å². The number of imidazole rings is 2. The lowest BCUT2D eigenvalue weighted by Gasteiger charge is -1.99. The second-order valence-electron chi connectivity index (χ2n) is 4.61. The van der Waals surface area contributed by atoms with Gasteiger partial charge in [0.1, 0.15) is 5.52 Å². The molecule has 0 atom stereocenters. The summed E-state index contributed by atoms with van der Waals surface area (Å²) >= 11 is 6.24. The van der Waals surface area contributed by atoms with E-state index in [4.69, 9.17) is 17.3 Å². The number of nitrogens with two attached hydrogens (primary N) is 1. The standard InChI is InChI=1S/C13H15ClN4/c1-8-5-10(14)12-11(6-8)18-7-9(3-4-15)17(2)13(18)16-12/h5-7H,3-4,15H2,1-2H3. The molecule has 0 aliphatic heterocycles. The van der Waals surface area contributed by atoms with E-state index in [9.17, 15) is 0 Å². The van der Waals surface area contributed by atoms with Crippen LogP contribution in [-0.2, 0) is 13.5 Å². The van der Waals surface area contributed by atoms with E-state index in [0.717, 1.165) is 28.8 Å². The molecule has 0 amide bonds. The summed E-state index contributed by atoms with van der Waals surface area (Å²) in [4.78, 5) is 4.61. The van der Waals surface area contributed by atoms with E-state index in [-0.39, 0.29) is 0 Å². The van der Waals surface area contributed by atoms with Crippen LogP contribution in [0, 0.1) is 6.92 Å². The first kappa shape index (κ1) is 11.6. The molecule has 1 aromatic carbocycles. The average molecular weight is 263 g/mol. The summed E-state index contributed by atoms with van der Waals surface area (Å²) in [6.45, 7) is 2.67. The fraction of sp³-hybridized carbons (Fsp3) is 0.308. The van der Waals surface area contributed by atoms with Crippen LogP contribution in [0.5, 0.6) is 0 Å². The van der Waals surface area contributed by atoms with Crippen molar-refractivity contribution < 1.29 is 0 Å². The zero-order valence-electron chi connectivity index (χ0n) is 10.4. The van der Waals surface area contributed by atoms with Gasteiger partial charge in [-0.3, -0.25) is 4.40 Å². The molecule has 0 spiro atoms. The Bertz CT molecular complexity index is 738. The molecule has 2 heterocycles. The second kappa shape index (κ2) is 4.00. The van der Waals surface area contributed by atoms with Gasteiger partial charge < -0.3 is 10.3 Å². The quantitative estimate of drug-likeness (QED) is 0.770. The van der Waals surface area contributed by atoms with Crippen molar-refractivity contribution in [2.75, 3.05) is 6.54 Å². The zero-order chi connectivity index (χ0) is 12.9. The topological polar surface area (TPSA) is 48.2 Å². The van der Waals surface area contributed by atoms with Crippen LogP contribution in [0.1, 0.15) is 11.3 Å². The zero-order valence-corrected chi connectivity index (χ0v) is 11.2. The first-order valence-corrected chi connectivity index (χ1v) is 6.32. The molecular weight excluding hydrogens is 248 g/mol.